The molecule has 0 spiro atoms. The van der Waals surface area contributed by atoms with E-state index in [-0.39, 0.29) is 17.1 Å². The monoisotopic (exact) mass is 424 g/mol. The van der Waals surface area contributed by atoms with E-state index in [1.54, 1.807) is 31.2 Å². The number of thioether (sulfide) groups is 1. The molecule has 0 saturated carbocycles. The van der Waals surface area contributed by atoms with Crippen LogP contribution in [0.25, 0.3) is 0 Å². The Morgan fingerprint density at radius 2 is 2.00 bits per heavy atom. The molecule has 1 N–H and O–H groups in total. The number of nitrogens with one attached hydrogen (secondary N) is 1. The van der Waals surface area contributed by atoms with Gasteiger partial charge < -0.3 is 14.8 Å². The number of halogens is 1. The summed E-state index contributed by atoms with van der Waals surface area (Å²) in [6, 6.07) is 11.1. The summed E-state index contributed by atoms with van der Waals surface area (Å²) in [6.45, 7) is 1.54. The molecule has 28 heavy (non-hydrogen) atoms. The molecule has 0 unspecified atom stereocenters. The van der Waals surface area contributed by atoms with Crippen LogP contribution in [0.2, 0.25) is 5.02 Å². The molecule has 0 saturated heterocycles. The first-order valence-electron chi connectivity index (χ1n) is 8.14. The highest BCUT2D eigenvalue weighted by Gasteiger charge is 2.18. The lowest BCUT2D eigenvalue weighted by Gasteiger charge is -2.09. The van der Waals surface area contributed by atoms with Crippen molar-refractivity contribution in [3.05, 3.63) is 57.6 Å². The van der Waals surface area contributed by atoms with Gasteiger partial charge in [0.05, 0.1) is 28.4 Å². The highest BCUT2D eigenvalue weighted by molar-refractivity contribution is 8.00. The van der Waals surface area contributed by atoms with Crippen LogP contribution in [0.1, 0.15) is 6.92 Å². The number of ether oxygens (including phenoxy) is 2. The molecular formula is C18H17ClN2O6S. The molecule has 0 aliphatic heterocycles. The van der Waals surface area contributed by atoms with Gasteiger partial charge in [-0.2, -0.15) is 0 Å². The van der Waals surface area contributed by atoms with Crippen molar-refractivity contribution in [2.45, 2.75) is 11.8 Å². The van der Waals surface area contributed by atoms with E-state index in [9.17, 15) is 19.7 Å². The molecule has 0 fully saturated rings. The summed E-state index contributed by atoms with van der Waals surface area (Å²) in [6.07, 6.45) is 0. The van der Waals surface area contributed by atoms with Crippen LogP contribution in [-0.2, 0) is 14.3 Å². The first-order valence-corrected chi connectivity index (χ1v) is 9.51. The van der Waals surface area contributed by atoms with Crippen LogP contribution >= 0.6 is 23.4 Å². The van der Waals surface area contributed by atoms with E-state index in [4.69, 9.17) is 21.1 Å². The maximum Gasteiger partial charge on any atom is 0.316 e. The molecular weight excluding hydrogens is 408 g/mol. The molecule has 2 aromatic carbocycles. The molecule has 1 amide bonds. The van der Waals surface area contributed by atoms with Crippen LogP contribution in [0.4, 0.5) is 11.4 Å². The van der Waals surface area contributed by atoms with Crippen LogP contribution in [0, 0.1) is 10.1 Å². The van der Waals surface area contributed by atoms with Crippen LogP contribution in [0.5, 0.6) is 5.75 Å². The van der Waals surface area contributed by atoms with Gasteiger partial charge in [0.15, 0.2) is 6.61 Å². The summed E-state index contributed by atoms with van der Waals surface area (Å²) >= 11 is 7.18. The molecule has 2 rings (SSSR count). The van der Waals surface area contributed by atoms with Gasteiger partial charge in [-0.05, 0) is 31.2 Å². The quantitative estimate of drug-likeness (QED) is 0.281. The first-order chi connectivity index (χ1) is 13.4. The third kappa shape index (κ3) is 6.43. The average Bonchev–Trinajstić information content (AvgIpc) is 2.67. The van der Waals surface area contributed by atoms with Crippen molar-refractivity contribution in [3.63, 3.8) is 0 Å². The fourth-order valence-corrected chi connectivity index (χ4v) is 3.13. The minimum atomic E-state index is -0.691. The number of rotatable bonds is 9. The first kappa shape index (κ1) is 21.5. The zero-order valence-corrected chi connectivity index (χ0v) is 16.4. The van der Waals surface area contributed by atoms with Gasteiger partial charge in [0.1, 0.15) is 11.4 Å². The summed E-state index contributed by atoms with van der Waals surface area (Å²) in [5, 5.41) is 14.0. The SMILES string of the molecule is CCOc1ccc(NC(=O)COC(=O)CSc2ccccc2Cl)c([N+](=O)[O-])c1. The minimum Gasteiger partial charge on any atom is -0.494 e. The Morgan fingerprint density at radius 1 is 1.25 bits per heavy atom. The molecule has 0 aromatic heterocycles. The summed E-state index contributed by atoms with van der Waals surface area (Å²) < 4.78 is 10.1. The molecule has 0 bridgehead atoms. The predicted molar refractivity (Wildman–Crippen MR) is 106 cm³/mol. The maximum atomic E-state index is 12.0. The van der Waals surface area contributed by atoms with Crippen LogP contribution in [0.15, 0.2) is 47.4 Å². The largest absolute Gasteiger partial charge is 0.494 e. The van der Waals surface area contributed by atoms with Crippen molar-refractivity contribution in [1.29, 1.82) is 0 Å². The Morgan fingerprint density at radius 3 is 2.68 bits per heavy atom. The summed E-state index contributed by atoms with van der Waals surface area (Å²) in [7, 11) is 0. The van der Waals surface area contributed by atoms with Crippen molar-refractivity contribution < 1.29 is 24.0 Å². The number of esters is 1. The van der Waals surface area contributed by atoms with E-state index in [0.29, 0.717) is 17.4 Å². The zero-order valence-electron chi connectivity index (χ0n) is 14.8. The van der Waals surface area contributed by atoms with Gasteiger partial charge in [-0.3, -0.25) is 19.7 Å². The van der Waals surface area contributed by atoms with Gasteiger partial charge in [0.25, 0.3) is 11.6 Å². The van der Waals surface area contributed by atoms with Crippen molar-refractivity contribution in [2.24, 2.45) is 0 Å². The van der Waals surface area contributed by atoms with E-state index < -0.39 is 23.4 Å². The highest BCUT2D eigenvalue weighted by Crippen LogP contribution is 2.29. The number of carbonyl (C=O) groups is 2. The van der Waals surface area contributed by atoms with E-state index in [1.165, 1.54) is 30.0 Å². The van der Waals surface area contributed by atoms with Crippen molar-refractivity contribution in [1.82, 2.24) is 0 Å². The van der Waals surface area contributed by atoms with E-state index in [1.807, 2.05) is 0 Å². The molecule has 148 valence electrons. The molecule has 0 aliphatic rings. The Bertz CT molecular complexity index is 877. The molecule has 10 heteroatoms. The second-order valence-corrected chi connectivity index (χ2v) is 6.72. The molecule has 0 aliphatic carbocycles. The molecule has 0 atom stereocenters. The lowest BCUT2D eigenvalue weighted by Crippen LogP contribution is -2.22. The molecule has 8 nitrogen and oxygen atoms in total. The summed E-state index contributed by atoms with van der Waals surface area (Å²) in [4.78, 5) is 35.0. The lowest BCUT2D eigenvalue weighted by molar-refractivity contribution is -0.384. The zero-order chi connectivity index (χ0) is 20.5. The van der Waals surface area contributed by atoms with Gasteiger partial charge in [-0.25, -0.2) is 0 Å². The van der Waals surface area contributed by atoms with Gasteiger partial charge in [-0.1, -0.05) is 23.7 Å². The summed E-state index contributed by atoms with van der Waals surface area (Å²) in [5.41, 5.74) is -0.333. The number of hydrogen-bond donors (Lipinski definition) is 1. The van der Waals surface area contributed by atoms with Gasteiger partial charge in [-0.15, -0.1) is 11.8 Å². The van der Waals surface area contributed by atoms with Gasteiger partial charge in [0.2, 0.25) is 0 Å². The number of hydrogen-bond acceptors (Lipinski definition) is 7. The number of amides is 1. The number of nitrogens with zero attached hydrogens (tertiary/aromatic N) is 1. The number of anilines is 1. The van der Waals surface area contributed by atoms with Gasteiger partial charge >= 0.3 is 5.97 Å². The molecule has 2 aromatic rings. The standard InChI is InChI=1S/C18H17ClN2O6S/c1-2-26-12-7-8-14(15(9-12)21(24)25)20-17(22)10-27-18(23)11-28-16-6-4-3-5-13(16)19/h3-9H,2,10-11H2,1H3,(H,20,22). The summed E-state index contributed by atoms with van der Waals surface area (Å²) in [5.74, 6) is -1.01. The topological polar surface area (TPSA) is 108 Å². The van der Waals surface area contributed by atoms with Crippen LogP contribution < -0.4 is 10.1 Å². The number of nitro groups is 1. The predicted octanol–water partition coefficient (Wildman–Crippen LogP) is 3.92. The van der Waals surface area contributed by atoms with Crippen molar-refractivity contribution in [2.75, 3.05) is 24.3 Å². The second kappa shape index (κ2) is 10.5. The van der Waals surface area contributed by atoms with E-state index in [2.05, 4.69) is 5.32 Å². The Kier molecular flexibility index (Phi) is 8.09. The number of benzene rings is 2. The smallest absolute Gasteiger partial charge is 0.316 e. The number of nitro benzene ring substituents is 1. The Hall–Kier alpha value is -2.78. The highest BCUT2D eigenvalue weighted by atomic mass is 35.5. The maximum absolute atomic E-state index is 12.0. The fraction of sp³-hybridized carbons (Fsp3) is 0.222. The lowest BCUT2D eigenvalue weighted by atomic mass is 10.2. The normalized spacial score (nSPS) is 10.2. The molecule has 0 radical (unpaired) electrons. The number of carbonyl (C=O) groups excluding carboxylic acids is 2. The second-order valence-electron chi connectivity index (χ2n) is 5.30. The average molecular weight is 425 g/mol. The third-order valence-corrected chi connectivity index (χ3v) is 4.79. The molecule has 0 heterocycles. The van der Waals surface area contributed by atoms with Crippen molar-refractivity contribution in [3.8, 4) is 5.75 Å². The van der Waals surface area contributed by atoms with Gasteiger partial charge in [0, 0.05) is 4.90 Å². The van der Waals surface area contributed by atoms with E-state index >= 15 is 0 Å². The third-order valence-electron chi connectivity index (χ3n) is 3.30. The van der Waals surface area contributed by atoms with Crippen LogP contribution in [-0.4, -0.2) is 35.8 Å². The fourth-order valence-electron chi connectivity index (χ4n) is 2.10. The van der Waals surface area contributed by atoms with Crippen LogP contribution in [0.3, 0.4) is 0 Å². The minimum absolute atomic E-state index is 0.0139. The van der Waals surface area contributed by atoms with E-state index in [0.717, 1.165) is 4.90 Å². The van der Waals surface area contributed by atoms with Crippen molar-refractivity contribution >= 4 is 46.6 Å². The Balaban J connectivity index is 1.87. The Labute approximate surface area is 170 Å².